The van der Waals surface area contributed by atoms with Gasteiger partial charge in [0.15, 0.2) is 0 Å². The number of hydrogen-bond donors (Lipinski definition) is 5. The van der Waals surface area contributed by atoms with Gasteiger partial charge in [-0.15, -0.1) is 25.5 Å². The number of aryl methyl sites for hydroxylation is 5. The highest BCUT2D eigenvalue weighted by atomic mass is 32.2. The molecular formula is C81H119N25O12S. The summed E-state index contributed by atoms with van der Waals surface area (Å²) in [6, 6.07) is 34.4. The van der Waals surface area contributed by atoms with Crippen LogP contribution in [0.1, 0.15) is 113 Å². The molecule has 2 unspecified atom stereocenters. The van der Waals surface area contributed by atoms with E-state index >= 15 is 0 Å². The standard InChI is InChI=1S/C22H27N5O4S.C17H25N5O2.C16H21N5O2.2C13H23N5O2/c1-15(23-20-21(28)26(4)22(29)27(5)24-20)19(25(2)3)16-11-13-18(14-12-16)32(30,31)17-9-7-6-8-10-17;1-5-21-16(23)15(19-22(6-2)17(21)24)18-12-14(20(3)4)13-10-8-7-9-11-13;1-19-9-8-11-6-4-5-7-12(11)13(19)10-17-14-15(22)20(2)16(23)21(3)18-14;2*1-16(2)10-8-6-5-7-9(10)14-11-12(19)17(3)13(20)18(4)15-11/h6-15,19H,1-5H3,(H,23,24);7-11,14H,5-6,12H2,1-4H3,(H,18,19);4-7,13H,8-10H2,1-3H3,(H,17,18);2*9-10H,5-8H2,1-4H3,(H,14,15)/t15-,19+;;;9-,10+;9-,10-/m1..11/s1. The van der Waals surface area contributed by atoms with Crippen LogP contribution < -0.4 is 82.8 Å². The van der Waals surface area contributed by atoms with Crippen LogP contribution >= 0.6 is 0 Å². The highest BCUT2D eigenvalue weighted by molar-refractivity contribution is 7.91. The molecule has 0 spiro atoms. The van der Waals surface area contributed by atoms with E-state index in [4.69, 9.17) is 0 Å². The van der Waals surface area contributed by atoms with Crippen LogP contribution in [0.2, 0.25) is 0 Å². The van der Waals surface area contributed by atoms with Gasteiger partial charge in [0.1, 0.15) is 0 Å². The number of rotatable bonds is 23. The number of aromatic nitrogens is 15. The van der Waals surface area contributed by atoms with Gasteiger partial charge >= 0.3 is 28.4 Å². The van der Waals surface area contributed by atoms with Crippen LogP contribution in [0, 0.1) is 0 Å². The van der Waals surface area contributed by atoms with E-state index in [-0.39, 0.29) is 97.5 Å². The molecule has 0 amide bonds. The normalized spacial score (nSPS) is 17.4. The Morgan fingerprint density at radius 2 is 0.866 bits per heavy atom. The van der Waals surface area contributed by atoms with Crippen molar-refractivity contribution in [2.75, 3.05) is 110 Å². The van der Waals surface area contributed by atoms with E-state index in [0.29, 0.717) is 38.3 Å². The maximum atomic E-state index is 12.9. The molecule has 9 aromatic rings. The molecule has 0 radical (unpaired) electrons. The molecule has 2 saturated carbocycles. The Morgan fingerprint density at radius 3 is 1.33 bits per heavy atom. The van der Waals surface area contributed by atoms with Gasteiger partial charge in [-0.2, -0.15) is 0 Å². The summed E-state index contributed by atoms with van der Waals surface area (Å²) in [4.78, 5) is 131. The number of nitrogens with zero attached hydrogens (tertiary/aromatic N) is 20. The fraction of sp³-hybridized carbons (Fsp3) is 0.519. The molecule has 8 atom stereocenters. The number of sulfone groups is 1. The Labute approximate surface area is 691 Å². The molecule has 5 N–H and O–H groups in total. The van der Waals surface area contributed by atoms with Crippen LogP contribution in [0.15, 0.2) is 167 Å². The van der Waals surface area contributed by atoms with E-state index in [1.54, 1.807) is 75.6 Å². The van der Waals surface area contributed by atoms with E-state index in [0.717, 1.165) is 85.6 Å². The molecule has 3 aliphatic rings. The van der Waals surface area contributed by atoms with Crippen LogP contribution in [0.3, 0.4) is 0 Å². The molecule has 0 bridgehead atoms. The molecular weight excluding hydrogens is 1550 g/mol. The maximum Gasteiger partial charge on any atom is 0.347 e. The van der Waals surface area contributed by atoms with Crippen LogP contribution in [-0.4, -0.2) is 218 Å². The summed E-state index contributed by atoms with van der Waals surface area (Å²) < 4.78 is 37.1. The number of nitrogens with one attached hydrogen (secondary N) is 5. The van der Waals surface area contributed by atoms with Gasteiger partial charge in [-0.25, -0.2) is 55.8 Å². The van der Waals surface area contributed by atoms with Crippen LogP contribution in [-0.2, 0) is 85.7 Å². The lowest BCUT2D eigenvalue weighted by Crippen LogP contribution is -2.48. The quantitative estimate of drug-likeness (QED) is 0.0613. The highest BCUT2D eigenvalue weighted by Gasteiger charge is 2.32. The van der Waals surface area contributed by atoms with Gasteiger partial charge in [-0.05, 0) is 163 Å². The van der Waals surface area contributed by atoms with Gasteiger partial charge in [0.25, 0.3) is 27.8 Å². The highest BCUT2D eigenvalue weighted by Crippen LogP contribution is 2.31. The molecule has 12 rings (SSSR count). The minimum atomic E-state index is -3.61. The average molecular weight is 1670 g/mol. The Hall–Kier alpha value is -11.3. The summed E-state index contributed by atoms with van der Waals surface area (Å²) in [5.41, 5.74) is 0.483. The zero-order valence-electron chi connectivity index (χ0n) is 72.2. The first-order chi connectivity index (χ1) is 56.3. The number of hydrogen-bond acceptors (Lipinski definition) is 27. The van der Waals surface area contributed by atoms with Crippen LogP contribution in [0.25, 0.3) is 0 Å². The summed E-state index contributed by atoms with van der Waals surface area (Å²) in [6.07, 6.45) is 9.98. The number of fused-ring (bicyclic) bond motifs is 1. The van der Waals surface area contributed by atoms with Crippen molar-refractivity contribution < 1.29 is 8.42 Å². The van der Waals surface area contributed by atoms with Crippen molar-refractivity contribution in [2.24, 2.45) is 56.4 Å². The van der Waals surface area contributed by atoms with Crippen molar-refractivity contribution in [1.82, 2.24) is 96.2 Å². The number of benzene rings is 4. The Kier molecular flexibility index (Phi) is 32.8. The molecule has 2 fully saturated rings. The summed E-state index contributed by atoms with van der Waals surface area (Å²) in [5.74, 6) is 0.992. The van der Waals surface area contributed by atoms with Crippen molar-refractivity contribution in [3.8, 4) is 0 Å². The molecule has 1 aliphatic heterocycles. The van der Waals surface area contributed by atoms with Gasteiger partial charge in [0.05, 0.1) is 27.9 Å². The topological polar surface area (TPSA) is 395 Å². The second-order valence-electron chi connectivity index (χ2n) is 30.9. The molecule has 38 heteroatoms. The summed E-state index contributed by atoms with van der Waals surface area (Å²) >= 11 is 0. The zero-order chi connectivity index (χ0) is 87.6. The molecule has 119 heavy (non-hydrogen) atoms. The third kappa shape index (κ3) is 22.8. The summed E-state index contributed by atoms with van der Waals surface area (Å²) in [7, 11) is 26.4. The number of anilines is 5. The third-order valence-electron chi connectivity index (χ3n) is 21.8. The Morgan fingerprint density at radius 1 is 0.445 bits per heavy atom. The van der Waals surface area contributed by atoms with E-state index in [1.807, 2.05) is 71.2 Å². The van der Waals surface area contributed by atoms with Crippen LogP contribution in [0.5, 0.6) is 0 Å². The zero-order valence-corrected chi connectivity index (χ0v) is 73.0. The van der Waals surface area contributed by atoms with Gasteiger partial charge in [-0.3, -0.25) is 51.7 Å². The smallest absolute Gasteiger partial charge is 0.347 e. The van der Waals surface area contributed by atoms with E-state index < -0.39 is 43.7 Å². The minimum Gasteiger partial charge on any atom is -0.362 e. The maximum absolute atomic E-state index is 12.9. The fourth-order valence-corrected chi connectivity index (χ4v) is 16.4. The Balaban J connectivity index is 0.000000187. The van der Waals surface area contributed by atoms with Gasteiger partial charge in [0, 0.05) is 119 Å². The van der Waals surface area contributed by atoms with Crippen molar-refractivity contribution in [3.05, 3.63) is 236 Å². The van der Waals surface area contributed by atoms with E-state index in [1.165, 1.54) is 89.5 Å². The monoisotopic (exact) mass is 1670 g/mol. The third-order valence-corrected chi connectivity index (χ3v) is 23.6. The lowest BCUT2D eigenvalue weighted by atomic mass is 9.89. The molecule has 2 aliphatic carbocycles. The molecule has 4 aromatic carbocycles. The minimum absolute atomic E-state index is 0.0669. The van der Waals surface area contributed by atoms with Crippen molar-refractivity contribution in [2.45, 2.75) is 150 Å². The molecule has 646 valence electrons. The second-order valence-corrected chi connectivity index (χ2v) is 32.9. The predicted octanol–water partition coefficient (Wildman–Crippen LogP) is 2.22. The molecule has 6 heterocycles. The fourth-order valence-electron chi connectivity index (χ4n) is 15.1. The number of likely N-dealkylation sites (N-methyl/N-ethyl adjacent to an activating group) is 5. The first-order valence-corrected chi connectivity index (χ1v) is 41.3. The molecule has 37 nitrogen and oxygen atoms in total. The van der Waals surface area contributed by atoms with Gasteiger partial charge in [-0.1, -0.05) is 111 Å². The first kappa shape index (κ1) is 93.2. The summed E-state index contributed by atoms with van der Waals surface area (Å²) in [6.45, 7) is 8.30. The second kappa shape index (κ2) is 41.9. The SMILES string of the molecule is CCn1nc(NCC(c2ccccc2)N(C)C)c(=O)n(CC)c1=O.CN(C)[C@@H]1CCCC[C@H]1Nc1nn(C)c(=O)n(C)c1=O.CN(C)[C@H]1CCCC[C@H]1Nc1nn(C)c(=O)n(C)c1=O.CN1CCc2ccccc2C1CNc1nn(C)c(=O)n(C)c1=O.C[C@@H](Nc1nn(C)c(=O)n(C)c1=O)[C@@H](c1ccc(S(=O)(=O)c2ccccc2)cc1)N(C)C. The van der Waals surface area contributed by atoms with Crippen molar-refractivity contribution in [3.63, 3.8) is 0 Å². The van der Waals surface area contributed by atoms with Crippen LogP contribution in [0.4, 0.5) is 29.1 Å². The summed E-state index contributed by atoms with van der Waals surface area (Å²) in [5, 5.41) is 36.2. The largest absolute Gasteiger partial charge is 0.362 e. The van der Waals surface area contributed by atoms with Crippen molar-refractivity contribution >= 4 is 38.9 Å². The van der Waals surface area contributed by atoms with E-state index in [2.05, 4.69) is 137 Å². The predicted molar refractivity (Wildman–Crippen MR) is 463 cm³/mol. The van der Waals surface area contributed by atoms with Gasteiger partial charge < -0.3 is 46.2 Å². The molecule has 0 saturated heterocycles. The lowest BCUT2D eigenvalue weighted by Gasteiger charge is -2.36. The first-order valence-electron chi connectivity index (χ1n) is 39.8. The average Bonchev–Trinajstić information content (AvgIpc) is 0.794. The van der Waals surface area contributed by atoms with Gasteiger partial charge in [0.2, 0.25) is 38.9 Å². The van der Waals surface area contributed by atoms with E-state index in [9.17, 15) is 56.4 Å². The van der Waals surface area contributed by atoms with Crippen molar-refractivity contribution in [1.29, 1.82) is 0 Å². The Bertz CT molecular complexity index is 5590. The lowest BCUT2D eigenvalue weighted by molar-refractivity contribution is 0.210. The molecule has 5 aromatic heterocycles.